The summed E-state index contributed by atoms with van der Waals surface area (Å²) in [4.78, 5) is 24.1. The lowest BCUT2D eigenvalue weighted by atomic mass is 9.62. The zero-order valence-electron chi connectivity index (χ0n) is 22.0. The minimum absolute atomic E-state index is 0.0729. The van der Waals surface area contributed by atoms with Crippen molar-refractivity contribution in [1.29, 1.82) is 0 Å². The maximum atomic E-state index is 12.5. The predicted molar refractivity (Wildman–Crippen MR) is 142 cm³/mol. The van der Waals surface area contributed by atoms with Gasteiger partial charge in [-0.05, 0) is 55.6 Å². The third-order valence-electron chi connectivity index (χ3n) is 8.09. The molecular weight excluding hydrogens is 484 g/mol. The first-order valence-electron chi connectivity index (χ1n) is 13.2. The van der Waals surface area contributed by atoms with Gasteiger partial charge in [0.2, 0.25) is 0 Å². The van der Waals surface area contributed by atoms with Crippen molar-refractivity contribution < 1.29 is 28.3 Å². The Morgan fingerprint density at radius 1 is 1.03 bits per heavy atom. The smallest absolute Gasteiger partial charge is 0.411 e. The molecule has 3 fully saturated rings. The summed E-state index contributed by atoms with van der Waals surface area (Å²) in [7, 11) is 1.44. The molecular formula is C30H34N2O6. The van der Waals surface area contributed by atoms with Gasteiger partial charge in [-0.3, -0.25) is 10.1 Å². The molecule has 1 amide bonds. The number of hydrogen-bond acceptors (Lipinski definition) is 7. The van der Waals surface area contributed by atoms with E-state index in [0.717, 1.165) is 48.8 Å². The topological polar surface area (TPSA) is 99.9 Å². The summed E-state index contributed by atoms with van der Waals surface area (Å²) >= 11 is 0. The molecule has 0 spiro atoms. The lowest BCUT2D eigenvalue weighted by Crippen LogP contribution is -2.49. The summed E-state index contributed by atoms with van der Waals surface area (Å²) in [5.41, 5.74) is 3.90. The van der Waals surface area contributed by atoms with Crippen LogP contribution in [0, 0.1) is 12.3 Å². The van der Waals surface area contributed by atoms with Crippen LogP contribution in [0.2, 0.25) is 0 Å². The number of ether oxygens (including phenoxy) is 3. The molecule has 1 aromatic heterocycles. The number of anilines is 1. The number of carbonyl (C=O) groups is 2. The first-order valence-corrected chi connectivity index (χ1v) is 13.2. The van der Waals surface area contributed by atoms with E-state index >= 15 is 0 Å². The van der Waals surface area contributed by atoms with Crippen molar-refractivity contribution in [3.8, 4) is 11.3 Å². The Kier molecular flexibility index (Phi) is 7.51. The highest BCUT2D eigenvalue weighted by Gasteiger charge is 2.50. The summed E-state index contributed by atoms with van der Waals surface area (Å²) in [6.07, 6.45) is 5.27. The zero-order valence-corrected chi connectivity index (χ0v) is 22.0. The molecule has 2 saturated heterocycles. The summed E-state index contributed by atoms with van der Waals surface area (Å²) in [5.74, 6) is 0.330. The molecule has 0 atom stereocenters. The van der Waals surface area contributed by atoms with Crippen LogP contribution < -0.4 is 5.32 Å². The van der Waals surface area contributed by atoms with Crippen LogP contribution in [0.4, 0.5) is 10.5 Å². The van der Waals surface area contributed by atoms with Crippen molar-refractivity contribution in [3.05, 3.63) is 71.4 Å². The predicted octanol–water partition coefficient (Wildman–Crippen LogP) is 6.18. The van der Waals surface area contributed by atoms with Crippen molar-refractivity contribution in [2.45, 2.75) is 57.5 Å². The molecule has 6 rings (SSSR count). The molecule has 38 heavy (non-hydrogen) atoms. The van der Waals surface area contributed by atoms with Gasteiger partial charge in [-0.1, -0.05) is 59.8 Å². The number of amides is 1. The molecule has 1 N–H and O–H groups in total. The number of fused-ring (bicyclic) bond motifs is 3. The van der Waals surface area contributed by atoms with E-state index in [-0.39, 0.29) is 23.6 Å². The molecule has 2 bridgehead atoms. The van der Waals surface area contributed by atoms with Crippen LogP contribution in [0.3, 0.4) is 0 Å². The lowest BCUT2D eigenvalue weighted by Gasteiger charge is -2.53. The minimum Gasteiger partial charge on any atom is -0.469 e. The number of benzene rings is 2. The normalized spacial score (nSPS) is 22.2. The summed E-state index contributed by atoms with van der Waals surface area (Å²) in [6.45, 7) is 2.72. The third kappa shape index (κ3) is 5.45. The van der Waals surface area contributed by atoms with Gasteiger partial charge in [-0.2, -0.15) is 0 Å². The standard InChI is InChI=1S/C30H34N2O6/c1-21-26(31-28(34)36-19-13-22-6-4-3-5-7-22)27(38-32-21)23-8-10-24(11-9-23)30-17-15-29(16-18-30,20-37-30)14-12-25(33)35-2/h3-11H,12-20H2,1-2H3,(H,31,34). The Morgan fingerprint density at radius 2 is 1.76 bits per heavy atom. The maximum absolute atomic E-state index is 12.5. The van der Waals surface area contributed by atoms with Crippen LogP contribution in [0.15, 0.2) is 59.1 Å². The SMILES string of the molecule is COC(=O)CCC12CCC(c3ccc(-c4onc(C)c4NC(=O)OCCc4ccccc4)cc3)(CC1)OC2. The van der Waals surface area contributed by atoms with Crippen molar-refractivity contribution in [2.75, 3.05) is 25.6 Å². The van der Waals surface area contributed by atoms with Crippen LogP contribution >= 0.6 is 0 Å². The zero-order chi connectivity index (χ0) is 26.6. The van der Waals surface area contributed by atoms with Crippen LogP contribution in [-0.4, -0.2) is 37.5 Å². The number of nitrogens with zero attached hydrogens (tertiary/aromatic N) is 1. The molecule has 3 aromatic rings. The van der Waals surface area contributed by atoms with Crippen molar-refractivity contribution in [3.63, 3.8) is 0 Å². The number of nitrogens with one attached hydrogen (secondary N) is 1. The van der Waals surface area contributed by atoms with E-state index in [2.05, 4.69) is 22.6 Å². The van der Waals surface area contributed by atoms with Gasteiger partial charge >= 0.3 is 12.1 Å². The van der Waals surface area contributed by atoms with Gasteiger partial charge in [0.1, 0.15) is 11.4 Å². The second-order valence-corrected chi connectivity index (χ2v) is 10.4. The molecule has 1 saturated carbocycles. The van der Waals surface area contributed by atoms with Gasteiger partial charge in [0.05, 0.1) is 25.9 Å². The second-order valence-electron chi connectivity index (χ2n) is 10.4. The quantitative estimate of drug-likeness (QED) is 0.338. The Balaban J connectivity index is 1.21. The number of esters is 1. The van der Waals surface area contributed by atoms with E-state index in [4.69, 9.17) is 18.7 Å². The largest absolute Gasteiger partial charge is 0.469 e. The summed E-state index contributed by atoms with van der Waals surface area (Å²) in [5, 5.41) is 6.86. The van der Waals surface area contributed by atoms with Crippen LogP contribution in [-0.2, 0) is 31.0 Å². The Morgan fingerprint density at radius 3 is 2.42 bits per heavy atom. The third-order valence-corrected chi connectivity index (χ3v) is 8.09. The molecule has 8 nitrogen and oxygen atoms in total. The molecule has 2 aliphatic heterocycles. The van der Waals surface area contributed by atoms with Gasteiger partial charge in [-0.25, -0.2) is 4.79 Å². The molecule has 1 aliphatic carbocycles. The molecule has 8 heteroatoms. The van der Waals surface area contributed by atoms with Gasteiger partial charge in [0.15, 0.2) is 5.76 Å². The average Bonchev–Trinajstić information content (AvgIpc) is 3.33. The monoisotopic (exact) mass is 518 g/mol. The molecule has 2 aromatic carbocycles. The molecule has 0 unspecified atom stereocenters. The average molecular weight is 519 g/mol. The highest BCUT2D eigenvalue weighted by molar-refractivity contribution is 5.90. The Hall–Kier alpha value is -3.65. The van der Waals surface area contributed by atoms with E-state index in [1.54, 1.807) is 6.92 Å². The Labute approximate surface area is 222 Å². The van der Waals surface area contributed by atoms with Crippen LogP contribution in [0.5, 0.6) is 0 Å². The number of methoxy groups -OCH3 is 1. The van der Waals surface area contributed by atoms with Gasteiger partial charge in [0, 0.05) is 18.4 Å². The van der Waals surface area contributed by atoms with E-state index in [1.165, 1.54) is 7.11 Å². The number of carbonyl (C=O) groups excluding carboxylic acids is 2. The number of aromatic nitrogens is 1. The first kappa shape index (κ1) is 26.0. The number of hydrogen-bond donors (Lipinski definition) is 1. The molecule has 0 radical (unpaired) electrons. The van der Waals surface area contributed by atoms with Crippen molar-refractivity contribution in [2.24, 2.45) is 5.41 Å². The first-order chi connectivity index (χ1) is 18.4. The van der Waals surface area contributed by atoms with Gasteiger partial charge in [0.25, 0.3) is 0 Å². The highest BCUT2D eigenvalue weighted by atomic mass is 16.5. The second kappa shape index (κ2) is 11.0. The van der Waals surface area contributed by atoms with E-state index in [0.29, 0.717) is 36.6 Å². The summed E-state index contributed by atoms with van der Waals surface area (Å²) in [6, 6.07) is 18.0. The fraction of sp³-hybridized carbons (Fsp3) is 0.433. The number of rotatable bonds is 9. The Bertz CT molecular complexity index is 1240. The molecule has 3 aliphatic rings. The molecule has 200 valence electrons. The van der Waals surface area contributed by atoms with Gasteiger partial charge < -0.3 is 18.7 Å². The number of aryl methyl sites for hydroxylation is 1. The lowest BCUT2D eigenvalue weighted by molar-refractivity contribution is -0.192. The van der Waals surface area contributed by atoms with Crippen LogP contribution in [0.1, 0.15) is 55.3 Å². The van der Waals surface area contributed by atoms with Crippen molar-refractivity contribution >= 4 is 17.7 Å². The minimum atomic E-state index is -0.544. The van der Waals surface area contributed by atoms with Gasteiger partial charge in [-0.15, -0.1) is 0 Å². The summed E-state index contributed by atoms with van der Waals surface area (Å²) < 4.78 is 22.2. The van der Waals surface area contributed by atoms with Crippen molar-refractivity contribution in [1.82, 2.24) is 5.16 Å². The fourth-order valence-corrected chi connectivity index (χ4v) is 5.61. The molecule has 3 heterocycles. The highest BCUT2D eigenvalue weighted by Crippen LogP contribution is 2.55. The van der Waals surface area contributed by atoms with E-state index in [1.807, 2.05) is 42.5 Å². The van der Waals surface area contributed by atoms with E-state index in [9.17, 15) is 9.59 Å². The fourth-order valence-electron chi connectivity index (χ4n) is 5.61. The van der Waals surface area contributed by atoms with Crippen LogP contribution in [0.25, 0.3) is 11.3 Å². The maximum Gasteiger partial charge on any atom is 0.411 e. The van der Waals surface area contributed by atoms with E-state index < -0.39 is 6.09 Å².